The molecule has 318 valence electrons. The maximum absolute atomic E-state index is 2.40. The zero-order chi connectivity index (χ0) is 45.0. The normalized spacial score (nSPS) is 11.5. The van der Waals surface area contributed by atoms with E-state index in [0.717, 1.165) is 11.4 Å². The van der Waals surface area contributed by atoms with Crippen molar-refractivity contribution in [2.45, 2.75) is 0 Å². The molecule has 11 aromatic carbocycles. The minimum Gasteiger partial charge on any atom is -0.309 e. The van der Waals surface area contributed by atoms with Crippen LogP contribution in [-0.4, -0.2) is 9.13 Å². The Balaban J connectivity index is 0.916. The first-order valence-electron chi connectivity index (χ1n) is 23.4. The molecule has 2 aromatic heterocycles. The SMILES string of the molecule is c1ccc(-c2ccc(-n3c4ccccc4c4cc(-c5ccccc5-c5ccccc5-c5ccccc5-c5ccccc5-c5ccc6c(c5)c5ccccc5n6-c5ccccc5)ccc43)cc2)cc1. The Morgan fingerprint density at radius 3 is 0.912 bits per heavy atom. The van der Waals surface area contributed by atoms with Crippen molar-refractivity contribution in [3.8, 4) is 78.1 Å². The molecule has 0 amide bonds. The number of aromatic nitrogens is 2. The Labute approximate surface area is 395 Å². The zero-order valence-corrected chi connectivity index (χ0v) is 37.3. The highest BCUT2D eigenvalue weighted by molar-refractivity contribution is 6.12. The lowest BCUT2D eigenvalue weighted by molar-refractivity contribution is 1.18. The first-order chi connectivity index (χ1) is 33.8. The molecule has 0 aliphatic carbocycles. The van der Waals surface area contributed by atoms with Crippen LogP contribution in [0.15, 0.2) is 267 Å². The standard InChI is InChI=1S/C66H44N2/c1-3-19-45(20-4-1)46-35-39-50(40-36-46)68-64-34-18-16-32-60(64)62-44-48(38-42-66(62)68)52-24-8-10-26-54(52)56-28-12-14-30-58(56)57-29-13-11-27-55(57)53-25-9-7-23-51(53)47-37-41-65-61(43-47)59-31-15-17-33-63(59)67(65)49-21-5-2-6-22-49/h1-44H. The molecule has 0 bridgehead atoms. The number of hydrogen-bond donors (Lipinski definition) is 0. The molecule has 13 rings (SSSR count). The molecule has 0 aliphatic rings. The van der Waals surface area contributed by atoms with E-state index in [1.807, 2.05) is 0 Å². The molecule has 0 saturated carbocycles. The number of para-hydroxylation sites is 3. The molecule has 13 aromatic rings. The number of nitrogens with zero attached hydrogens (tertiary/aromatic N) is 2. The summed E-state index contributed by atoms with van der Waals surface area (Å²) in [4.78, 5) is 0. The van der Waals surface area contributed by atoms with Crippen LogP contribution in [0.3, 0.4) is 0 Å². The second-order valence-electron chi connectivity index (χ2n) is 17.6. The Bertz CT molecular complexity index is 4000. The molecule has 0 atom stereocenters. The summed E-state index contributed by atoms with van der Waals surface area (Å²) in [5.74, 6) is 0. The van der Waals surface area contributed by atoms with E-state index in [1.54, 1.807) is 0 Å². The van der Waals surface area contributed by atoms with Gasteiger partial charge in [0.25, 0.3) is 0 Å². The van der Waals surface area contributed by atoms with Crippen molar-refractivity contribution in [3.05, 3.63) is 267 Å². The molecule has 0 N–H and O–H groups in total. The van der Waals surface area contributed by atoms with Crippen LogP contribution in [0.25, 0.3) is 122 Å². The van der Waals surface area contributed by atoms with E-state index in [1.165, 1.54) is 110 Å². The van der Waals surface area contributed by atoms with Crippen LogP contribution >= 0.6 is 0 Å². The summed E-state index contributed by atoms with van der Waals surface area (Å²) in [6.07, 6.45) is 0. The summed E-state index contributed by atoms with van der Waals surface area (Å²) >= 11 is 0. The molecule has 0 unspecified atom stereocenters. The fraction of sp³-hybridized carbons (Fsp3) is 0. The molecule has 0 spiro atoms. The summed E-state index contributed by atoms with van der Waals surface area (Å²) in [6.45, 7) is 0. The molecule has 0 saturated heterocycles. The van der Waals surface area contributed by atoms with Gasteiger partial charge in [0.1, 0.15) is 0 Å². The fourth-order valence-corrected chi connectivity index (χ4v) is 10.7. The Morgan fingerprint density at radius 1 is 0.176 bits per heavy atom. The largest absolute Gasteiger partial charge is 0.309 e. The van der Waals surface area contributed by atoms with Crippen molar-refractivity contribution in [3.63, 3.8) is 0 Å². The van der Waals surface area contributed by atoms with Crippen molar-refractivity contribution >= 4 is 43.6 Å². The molecule has 2 heteroatoms. The van der Waals surface area contributed by atoms with Gasteiger partial charge >= 0.3 is 0 Å². The predicted molar refractivity (Wildman–Crippen MR) is 288 cm³/mol. The van der Waals surface area contributed by atoms with Crippen molar-refractivity contribution < 1.29 is 0 Å². The van der Waals surface area contributed by atoms with Gasteiger partial charge in [0.05, 0.1) is 22.1 Å². The minimum absolute atomic E-state index is 1.15. The summed E-state index contributed by atoms with van der Waals surface area (Å²) in [7, 11) is 0. The van der Waals surface area contributed by atoms with Gasteiger partial charge in [0.15, 0.2) is 0 Å². The second kappa shape index (κ2) is 16.5. The lowest BCUT2D eigenvalue weighted by Gasteiger charge is -2.19. The Kier molecular flexibility index (Phi) is 9.54. The lowest BCUT2D eigenvalue weighted by atomic mass is 9.85. The highest BCUT2D eigenvalue weighted by Crippen LogP contribution is 2.45. The molecule has 2 heterocycles. The van der Waals surface area contributed by atoms with Crippen LogP contribution < -0.4 is 0 Å². The minimum atomic E-state index is 1.15. The topological polar surface area (TPSA) is 9.86 Å². The summed E-state index contributed by atoms with van der Waals surface area (Å²) in [5.41, 5.74) is 21.5. The average Bonchev–Trinajstić information content (AvgIpc) is 3.93. The highest BCUT2D eigenvalue weighted by Gasteiger charge is 2.20. The summed E-state index contributed by atoms with van der Waals surface area (Å²) in [6, 6.07) is 97.4. The van der Waals surface area contributed by atoms with Gasteiger partial charge in [-0.2, -0.15) is 0 Å². The van der Waals surface area contributed by atoms with Crippen LogP contribution in [0, 0.1) is 0 Å². The molecule has 68 heavy (non-hydrogen) atoms. The van der Waals surface area contributed by atoms with Crippen LogP contribution in [-0.2, 0) is 0 Å². The van der Waals surface area contributed by atoms with E-state index in [4.69, 9.17) is 0 Å². The monoisotopic (exact) mass is 864 g/mol. The third-order valence-electron chi connectivity index (χ3n) is 13.8. The van der Waals surface area contributed by atoms with E-state index in [0.29, 0.717) is 0 Å². The van der Waals surface area contributed by atoms with Crippen LogP contribution in [0.5, 0.6) is 0 Å². The van der Waals surface area contributed by atoms with E-state index in [2.05, 4.69) is 276 Å². The van der Waals surface area contributed by atoms with Gasteiger partial charge in [0, 0.05) is 32.9 Å². The summed E-state index contributed by atoms with van der Waals surface area (Å²) < 4.78 is 4.78. The first kappa shape index (κ1) is 39.4. The quantitative estimate of drug-likeness (QED) is 0.144. The Hall–Kier alpha value is -8.98. The van der Waals surface area contributed by atoms with Gasteiger partial charge in [0.2, 0.25) is 0 Å². The third-order valence-corrected chi connectivity index (χ3v) is 13.8. The van der Waals surface area contributed by atoms with Crippen molar-refractivity contribution in [1.82, 2.24) is 9.13 Å². The van der Waals surface area contributed by atoms with Gasteiger partial charge in [-0.05, 0) is 127 Å². The van der Waals surface area contributed by atoms with Crippen LogP contribution in [0.4, 0.5) is 0 Å². The third kappa shape index (κ3) is 6.57. The van der Waals surface area contributed by atoms with E-state index >= 15 is 0 Å². The van der Waals surface area contributed by atoms with Gasteiger partial charge in [-0.15, -0.1) is 0 Å². The van der Waals surface area contributed by atoms with E-state index < -0.39 is 0 Å². The van der Waals surface area contributed by atoms with Crippen molar-refractivity contribution in [2.75, 3.05) is 0 Å². The fourth-order valence-electron chi connectivity index (χ4n) is 10.7. The second-order valence-corrected chi connectivity index (χ2v) is 17.6. The summed E-state index contributed by atoms with van der Waals surface area (Å²) in [5, 5.41) is 4.96. The molecule has 0 fully saturated rings. The first-order valence-corrected chi connectivity index (χ1v) is 23.4. The molecule has 0 radical (unpaired) electrons. The highest BCUT2D eigenvalue weighted by atomic mass is 15.0. The van der Waals surface area contributed by atoms with Crippen molar-refractivity contribution in [1.29, 1.82) is 0 Å². The van der Waals surface area contributed by atoms with E-state index in [9.17, 15) is 0 Å². The lowest BCUT2D eigenvalue weighted by Crippen LogP contribution is -1.94. The van der Waals surface area contributed by atoms with Gasteiger partial charge in [-0.25, -0.2) is 0 Å². The van der Waals surface area contributed by atoms with Gasteiger partial charge in [-0.3, -0.25) is 0 Å². The number of hydrogen-bond acceptors (Lipinski definition) is 0. The molecule has 2 nitrogen and oxygen atoms in total. The number of benzene rings is 11. The maximum atomic E-state index is 2.40. The predicted octanol–water partition coefficient (Wildman–Crippen LogP) is 17.9. The Morgan fingerprint density at radius 2 is 0.471 bits per heavy atom. The average molecular weight is 865 g/mol. The molecule has 0 aliphatic heterocycles. The molecular weight excluding hydrogens is 821 g/mol. The molecular formula is C66H44N2. The van der Waals surface area contributed by atoms with Crippen LogP contribution in [0.2, 0.25) is 0 Å². The van der Waals surface area contributed by atoms with Gasteiger partial charge in [-0.1, -0.05) is 206 Å². The number of rotatable bonds is 8. The number of fused-ring (bicyclic) bond motifs is 6. The van der Waals surface area contributed by atoms with Gasteiger partial charge < -0.3 is 9.13 Å². The maximum Gasteiger partial charge on any atom is 0.0541 e. The van der Waals surface area contributed by atoms with Crippen LogP contribution in [0.1, 0.15) is 0 Å². The smallest absolute Gasteiger partial charge is 0.0541 e. The van der Waals surface area contributed by atoms with Crippen molar-refractivity contribution in [2.24, 2.45) is 0 Å². The zero-order valence-electron chi connectivity index (χ0n) is 37.3. The van der Waals surface area contributed by atoms with E-state index in [-0.39, 0.29) is 0 Å².